The summed E-state index contributed by atoms with van der Waals surface area (Å²) in [6.45, 7) is 6.33. The molecule has 0 spiro atoms. The zero-order chi connectivity index (χ0) is 13.8. The van der Waals surface area contributed by atoms with Crippen LogP contribution >= 0.6 is 0 Å². The summed E-state index contributed by atoms with van der Waals surface area (Å²) < 4.78 is 7.03. The molecule has 0 amide bonds. The van der Waals surface area contributed by atoms with Gasteiger partial charge in [0.15, 0.2) is 0 Å². The monoisotopic (exact) mass is 265 g/mol. The molecule has 0 saturated heterocycles. The van der Waals surface area contributed by atoms with Gasteiger partial charge in [-0.3, -0.25) is 0 Å². The van der Waals surface area contributed by atoms with Crippen molar-refractivity contribution < 1.29 is 9.53 Å². The van der Waals surface area contributed by atoms with Gasteiger partial charge in [-0.25, -0.2) is 4.79 Å². The van der Waals surface area contributed by atoms with E-state index >= 15 is 0 Å². The Labute approximate surface area is 114 Å². The fourth-order valence-corrected chi connectivity index (χ4v) is 2.95. The molecule has 0 unspecified atom stereocenters. The number of aromatic nitrogens is 3. The van der Waals surface area contributed by atoms with Crippen molar-refractivity contribution in [2.45, 2.75) is 58.9 Å². The molecule has 2 rings (SSSR count). The smallest absolute Gasteiger partial charge is 0.376 e. The Kier molecular flexibility index (Phi) is 4.56. The lowest BCUT2D eigenvalue weighted by Crippen LogP contribution is -2.23. The van der Waals surface area contributed by atoms with Crippen LogP contribution in [0.1, 0.15) is 68.4 Å². The van der Waals surface area contributed by atoms with E-state index in [0.29, 0.717) is 18.5 Å². The molecule has 1 aromatic heterocycles. The van der Waals surface area contributed by atoms with E-state index in [1.165, 1.54) is 19.3 Å². The Balaban J connectivity index is 2.15. The van der Waals surface area contributed by atoms with Crippen molar-refractivity contribution in [1.29, 1.82) is 0 Å². The van der Waals surface area contributed by atoms with Gasteiger partial charge < -0.3 is 9.30 Å². The summed E-state index contributed by atoms with van der Waals surface area (Å²) in [5, 5.41) is 8.03. The molecule has 106 valence electrons. The molecule has 1 aliphatic carbocycles. The Morgan fingerprint density at radius 3 is 2.53 bits per heavy atom. The fraction of sp³-hybridized carbons (Fsp3) is 0.786. The Morgan fingerprint density at radius 2 is 1.95 bits per heavy atom. The minimum Gasteiger partial charge on any atom is -0.460 e. The van der Waals surface area contributed by atoms with Crippen molar-refractivity contribution in [1.82, 2.24) is 14.8 Å². The molecular formula is C14H23N3O2. The van der Waals surface area contributed by atoms with Gasteiger partial charge in [-0.15, -0.1) is 10.2 Å². The Hall–Kier alpha value is -1.39. The molecule has 0 aliphatic heterocycles. The van der Waals surface area contributed by atoms with Crippen LogP contribution in [0.5, 0.6) is 0 Å². The number of hydrogen-bond acceptors (Lipinski definition) is 4. The average molecular weight is 265 g/mol. The van der Waals surface area contributed by atoms with Crippen LogP contribution in [0.3, 0.4) is 0 Å². The first kappa shape index (κ1) is 14.0. The highest BCUT2D eigenvalue weighted by molar-refractivity contribution is 5.85. The SMILES string of the molecule is CCOC(=O)c1nnc(C)n1C1CCC(CC)CC1. The summed E-state index contributed by atoms with van der Waals surface area (Å²) in [4.78, 5) is 11.9. The largest absolute Gasteiger partial charge is 0.460 e. The second kappa shape index (κ2) is 6.17. The molecule has 0 bridgehead atoms. The van der Waals surface area contributed by atoms with Crippen LogP contribution in [-0.2, 0) is 4.74 Å². The van der Waals surface area contributed by atoms with Gasteiger partial charge in [0.1, 0.15) is 5.82 Å². The van der Waals surface area contributed by atoms with Gasteiger partial charge in [0.05, 0.1) is 6.61 Å². The predicted molar refractivity (Wildman–Crippen MR) is 72.0 cm³/mol. The van der Waals surface area contributed by atoms with E-state index in [1.54, 1.807) is 6.92 Å². The highest BCUT2D eigenvalue weighted by atomic mass is 16.5. The molecular weight excluding hydrogens is 242 g/mol. The first-order chi connectivity index (χ1) is 9.17. The van der Waals surface area contributed by atoms with Gasteiger partial charge in [0.25, 0.3) is 0 Å². The van der Waals surface area contributed by atoms with Gasteiger partial charge >= 0.3 is 5.97 Å². The summed E-state index contributed by atoms with van der Waals surface area (Å²) in [6, 6.07) is 0.345. The van der Waals surface area contributed by atoms with E-state index in [-0.39, 0.29) is 5.97 Å². The van der Waals surface area contributed by atoms with Gasteiger partial charge in [-0.1, -0.05) is 13.3 Å². The first-order valence-electron chi connectivity index (χ1n) is 7.26. The average Bonchev–Trinajstić information content (AvgIpc) is 2.81. The summed E-state index contributed by atoms with van der Waals surface area (Å²) >= 11 is 0. The van der Waals surface area contributed by atoms with Crippen LogP contribution in [0.15, 0.2) is 0 Å². The van der Waals surface area contributed by atoms with Gasteiger partial charge in [0, 0.05) is 6.04 Å². The van der Waals surface area contributed by atoms with E-state index < -0.39 is 0 Å². The highest BCUT2D eigenvalue weighted by Gasteiger charge is 2.27. The van der Waals surface area contributed by atoms with Crippen LogP contribution < -0.4 is 0 Å². The molecule has 1 fully saturated rings. The number of aryl methyl sites for hydroxylation is 1. The summed E-state index contributed by atoms with van der Waals surface area (Å²) in [6.07, 6.45) is 5.90. The van der Waals surface area contributed by atoms with Crippen molar-refractivity contribution in [2.24, 2.45) is 5.92 Å². The molecule has 1 aromatic rings. The van der Waals surface area contributed by atoms with Crippen LogP contribution in [0, 0.1) is 12.8 Å². The van der Waals surface area contributed by atoms with Crippen molar-refractivity contribution in [3.05, 3.63) is 11.6 Å². The minimum absolute atomic E-state index is 0.345. The molecule has 1 saturated carbocycles. The lowest BCUT2D eigenvalue weighted by molar-refractivity contribution is 0.0500. The van der Waals surface area contributed by atoms with Crippen molar-refractivity contribution in [3.63, 3.8) is 0 Å². The third-order valence-electron chi connectivity index (χ3n) is 4.08. The van der Waals surface area contributed by atoms with Gasteiger partial charge in [-0.2, -0.15) is 0 Å². The molecule has 1 aliphatic rings. The predicted octanol–water partition coefficient (Wildman–Crippen LogP) is 2.90. The molecule has 0 radical (unpaired) electrons. The maximum atomic E-state index is 11.9. The van der Waals surface area contributed by atoms with Crippen LogP contribution in [0.25, 0.3) is 0 Å². The van der Waals surface area contributed by atoms with E-state index in [4.69, 9.17) is 4.74 Å². The highest BCUT2D eigenvalue weighted by Crippen LogP contribution is 2.34. The molecule has 19 heavy (non-hydrogen) atoms. The van der Waals surface area contributed by atoms with Crippen LogP contribution in [-0.4, -0.2) is 27.3 Å². The standard InChI is InChI=1S/C14H23N3O2/c1-4-11-6-8-12(9-7-11)17-10(3)15-16-13(17)14(18)19-5-2/h11-12H,4-9H2,1-3H3. The van der Waals surface area contributed by atoms with Gasteiger partial charge in [0.2, 0.25) is 5.82 Å². The molecule has 0 aromatic carbocycles. The normalized spacial score (nSPS) is 23.3. The molecule has 1 heterocycles. The zero-order valence-corrected chi connectivity index (χ0v) is 12.1. The lowest BCUT2D eigenvalue weighted by Gasteiger charge is -2.29. The fourth-order valence-electron chi connectivity index (χ4n) is 2.95. The first-order valence-corrected chi connectivity index (χ1v) is 7.26. The quantitative estimate of drug-likeness (QED) is 0.785. The minimum atomic E-state index is -0.360. The number of nitrogens with zero attached hydrogens (tertiary/aromatic N) is 3. The third-order valence-corrected chi connectivity index (χ3v) is 4.08. The summed E-state index contributed by atoms with van der Waals surface area (Å²) in [5.41, 5.74) is 0. The topological polar surface area (TPSA) is 57.0 Å². The number of ether oxygens (including phenoxy) is 1. The van der Waals surface area contributed by atoms with Gasteiger partial charge in [-0.05, 0) is 45.4 Å². The van der Waals surface area contributed by atoms with Crippen molar-refractivity contribution >= 4 is 5.97 Å². The lowest BCUT2D eigenvalue weighted by atomic mass is 9.84. The molecule has 0 atom stereocenters. The Bertz CT molecular complexity index is 434. The second-order valence-electron chi connectivity index (χ2n) is 5.24. The van der Waals surface area contributed by atoms with E-state index in [9.17, 15) is 4.79 Å². The summed E-state index contributed by atoms with van der Waals surface area (Å²) in [7, 11) is 0. The zero-order valence-electron chi connectivity index (χ0n) is 12.1. The molecule has 5 heteroatoms. The number of carbonyl (C=O) groups excluding carboxylic acids is 1. The number of hydrogen-bond donors (Lipinski definition) is 0. The summed E-state index contributed by atoms with van der Waals surface area (Å²) in [5.74, 6) is 1.64. The maximum Gasteiger partial charge on any atom is 0.376 e. The second-order valence-corrected chi connectivity index (χ2v) is 5.24. The van der Waals surface area contributed by atoms with Crippen LogP contribution in [0.2, 0.25) is 0 Å². The van der Waals surface area contributed by atoms with E-state index in [2.05, 4.69) is 17.1 Å². The van der Waals surface area contributed by atoms with Crippen LogP contribution in [0.4, 0.5) is 0 Å². The van der Waals surface area contributed by atoms with E-state index in [1.807, 2.05) is 11.5 Å². The van der Waals surface area contributed by atoms with Crippen molar-refractivity contribution in [2.75, 3.05) is 6.61 Å². The van der Waals surface area contributed by atoms with Crippen molar-refractivity contribution in [3.8, 4) is 0 Å². The number of carbonyl (C=O) groups is 1. The number of rotatable bonds is 4. The number of esters is 1. The molecule has 0 N–H and O–H groups in total. The maximum absolute atomic E-state index is 11.9. The van der Waals surface area contributed by atoms with E-state index in [0.717, 1.165) is 24.6 Å². The molecule has 5 nitrogen and oxygen atoms in total. The Morgan fingerprint density at radius 1 is 1.26 bits per heavy atom. The third kappa shape index (κ3) is 2.96.